The molecule has 33 heavy (non-hydrogen) atoms. The molecule has 1 aliphatic rings. The molecule has 3 rings (SSSR count). The van der Waals surface area contributed by atoms with Gasteiger partial charge >= 0.3 is 0 Å². The first-order valence-corrected chi connectivity index (χ1v) is 12.0. The molecule has 0 radical (unpaired) electrons. The summed E-state index contributed by atoms with van der Waals surface area (Å²) in [5.41, 5.74) is 3.18. The smallest absolute Gasteiger partial charge is 0.242 e. The van der Waals surface area contributed by atoms with Crippen molar-refractivity contribution in [3.05, 3.63) is 59.2 Å². The molecule has 0 aliphatic carbocycles. The normalized spacial score (nSPS) is 13.3. The van der Waals surface area contributed by atoms with Crippen LogP contribution in [0.1, 0.15) is 56.2 Å². The average Bonchev–Trinajstić information content (AvgIpc) is 2.82. The van der Waals surface area contributed by atoms with Gasteiger partial charge in [0.25, 0.3) is 0 Å². The van der Waals surface area contributed by atoms with Crippen molar-refractivity contribution >= 4 is 11.8 Å². The van der Waals surface area contributed by atoms with Crippen molar-refractivity contribution in [1.29, 1.82) is 0 Å². The number of nitrogens with zero attached hydrogens (tertiary/aromatic N) is 1. The number of ether oxygens (including phenoxy) is 2. The molecule has 1 heterocycles. The van der Waals surface area contributed by atoms with E-state index in [0.29, 0.717) is 45.6 Å². The summed E-state index contributed by atoms with van der Waals surface area (Å²) in [6.07, 6.45) is 3.41. The summed E-state index contributed by atoms with van der Waals surface area (Å²) in [4.78, 5) is 28.1. The zero-order chi connectivity index (χ0) is 23.6. The molecule has 0 aromatic heterocycles. The van der Waals surface area contributed by atoms with Crippen molar-refractivity contribution in [2.24, 2.45) is 0 Å². The van der Waals surface area contributed by atoms with Gasteiger partial charge in [0.15, 0.2) is 11.5 Å². The van der Waals surface area contributed by atoms with Crippen molar-refractivity contribution in [2.75, 3.05) is 19.8 Å². The number of carbonyl (C=O) groups excluding carboxylic acids is 2. The summed E-state index contributed by atoms with van der Waals surface area (Å²) in [7, 11) is 0. The Morgan fingerprint density at radius 2 is 1.82 bits per heavy atom. The molecule has 6 nitrogen and oxygen atoms in total. The number of carbonyl (C=O) groups is 2. The van der Waals surface area contributed by atoms with Crippen LogP contribution in [0.5, 0.6) is 11.5 Å². The fourth-order valence-corrected chi connectivity index (χ4v) is 4.07. The predicted molar refractivity (Wildman–Crippen MR) is 129 cm³/mol. The molecule has 1 aliphatic heterocycles. The number of hydrogen-bond donors (Lipinski definition) is 1. The molecule has 2 amide bonds. The third-order valence-corrected chi connectivity index (χ3v) is 5.89. The van der Waals surface area contributed by atoms with Crippen molar-refractivity contribution < 1.29 is 19.1 Å². The van der Waals surface area contributed by atoms with Crippen LogP contribution < -0.4 is 14.8 Å². The van der Waals surface area contributed by atoms with E-state index in [1.165, 1.54) is 0 Å². The Kier molecular flexibility index (Phi) is 9.16. The second-order valence-corrected chi connectivity index (χ2v) is 8.56. The van der Waals surface area contributed by atoms with Gasteiger partial charge in [0.05, 0.1) is 0 Å². The molecule has 1 N–H and O–H groups in total. The standard InChI is InChI=1S/C27H36N2O4/c1-4-6-14-28-27(31)23(5-2)29(19-22-9-7-8-20(3)17-22)26(30)13-11-21-10-12-24-25(18-21)33-16-15-32-24/h7-10,12,17-18,23H,4-6,11,13-16,19H2,1-3H3,(H,28,31). The van der Waals surface area contributed by atoms with Gasteiger partial charge in [0.2, 0.25) is 11.8 Å². The number of amides is 2. The first kappa shape index (κ1) is 24.6. The van der Waals surface area contributed by atoms with Crippen molar-refractivity contribution in [2.45, 2.75) is 65.5 Å². The van der Waals surface area contributed by atoms with E-state index < -0.39 is 6.04 Å². The average molecular weight is 453 g/mol. The molecule has 0 saturated carbocycles. The maximum Gasteiger partial charge on any atom is 0.242 e. The van der Waals surface area contributed by atoms with Gasteiger partial charge in [-0.15, -0.1) is 0 Å². The highest BCUT2D eigenvalue weighted by Gasteiger charge is 2.28. The van der Waals surface area contributed by atoms with Crippen LogP contribution in [0, 0.1) is 6.92 Å². The van der Waals surface area contributed by atoms with Gasteiger partial charge in [-0.25, -0.2) is 0 Å². The summed E-state index contributed by atoms with van der Waals surface area (Å²) in [5, 5.41) is 3.01. The topological polar surface area (TPSA) is 67.9 Å². The number of rotatable bonds is 11. The quantitative estimate of drug-likeness (QED) is 0.513. The first-order valence-electron chi connectivity index (χ1n) is 12.0. The van der Waals surface area contributed by atoms with Crippen LogP contribution in [0.15, 0.2) is 42.5 Å². The second kappa shape index (κ2) is 12.3. The second-order valence-electron chi connectivity index (χ2n) is 8.56. The van der Waals surface area contributed by atoms with Crippen molar-refractivity contribution in [3.63, 3.8) is 0 Å². The summed E-state index contributed by atoms with van der Waals surface area (Å²) in [6, 6.07) is 13.4. The Bertz CT molecular complexity index is 943. The monoisotopic (exact) mass is 452 g/mol. The van der Waals surface area contributed by atoms with Gasteiger partial charge in [-0.2, -0.15) is 0 Å². The van der Waals surface area contributed by atoms with E-state index in [-0.39, 0.29) is 11.8 Å². The highest BCUT2D eigenvalue weighted by Crippen LogP contribution is 2.31. The molecule has 6 heteroatoms. The third-order valence-electron chi connectivity index (χ3n) is 5.89. The van der Waals surface area contributed by atoms with Gasteiger partial charge in [0, 0.05) is 19.5 Å². The number of unbranched alkanes of at least 4 members (excludes halogenated alkanes) is 1. The Hall–Kier alpha value is -3.02. The van der Waals surface area contributed by atoms with Crippen LogP contribution in [-0.4, -0.2) is 42.5 Å². The summed E-state index contributed by atoms with van der Waals surface area (Å²) in [6.45, 7) is 8.22. The molecule has 178 valence electrons. The molecule has 0 fully saturated rings. The highest BCUT2D eigenvalue weighted by atomic mass is 16.6. The lowest BCUT2D eigenvalue weighted by atomic mass is 10.0. The van der Waals surface area contributed by atoms with Gasteiger partial charge in [-0.3, -0.25) is 9.59 Å². The van der Waals surface area contributed by atoms with E-state index in [0.717, 1.165) is 41.0 Å². The maximum absolute atomic E-state index is 13.4. The molecular formula is C27H36N2O4. The Balaban J connectivity index is 1.73. The molecule has 2 aromatic rings. The number of aryl methyl sites for hydroxylation is 2. The van der Waals surface area contributed by atoms with E-state index >= 15 is 0 Å². The molecular weight excluding hydrogens is 416 g/mol. The molecule has 1 unspecified atom stereocenters. The lowest BCUT2D eigenvalue weighted by molar-refractivity contribution is -0.141. The zero-order valence-corrected chi connectivity index (χ0v) is 20.1. The van der Waals surface area contributed by atoms with Crippen LogP contribution in [0.2, 0.25) is 0 Å². The number of hydrogen-bond acceptors (Lipinski definition) is 4. The van der Waals surface area contributed by atoms with Crippen LogP contribution >= 0.6 is 0 Å². The van der Waals surface area contributed by atoms with Gasteiger partial charge < -0.3 is 19.7 Å². The van der Waals surface area contributed by atoms with Crippen LogP contribution in [0.4, 0.5) is 0 Å². The zero-order valence-electron chi connectivity index (χ0n) is 20.1. The van der Waals surface area contributed by atoms with E-state index in [4.69, 9.17) is 9.47 Å². The number of benzene rings is 2. The molecule has 2 aromatic carbocycles. The van der Waals surface area contributed by atoms with Crippen molar-refractivity contribution in [1.82, 2.24) is 10.2 Å². The highest BCUT2D eigenvalue weighted by molar-refractivity contribution is 5.87. The Labute approximate surface area is 197 Å². The largest absolute Gasteiger partial charge is 0.486 e. The van der Waals surface area contributed by atoms with Crippen molar-refractivity contribution in [3.8, 4) is 11.5 Å². The predicted octanol–water partition coefficient (Wildman–Crippen LogP) is 4.42. The van der Waals surface area contributed by atoms with Gasteiger partial charge in [-0.1, -0.05) is 56.2 Å². The SMILES string of the molecule is CCCCNC(=O)C(CC)N(Cc1cccc(C)c1)C(=O)CCc1ccc2c(c1)OCCO2. The maximum atomic E-state index is 13.4. The lowest BCUT2D eigenvalue weighted by Crippen LogP contribution is -2.49. The fourth-order valence-electron chi connectivity index (χ4n) is 4.07. The molecule has 0 spiro atoms. The molecule has 0 saturated heterocycles. The Morgan fingerprint density at radius 3 is 2.55 bits per heavy atom. The fraction of sp³-hybridized carbons (Fsp3) is 0.481. The van der Waals surface area contributed by atoms with Gasteiger partial charge in [0.1, 0.15) is 19.3 Å². The summed E-state index contributed by atoms with van der Waals surface area (Å²) in [5.74, 6) is 1.37. The van der Waals surface area contributed by atoms with Crippen LogP contribution in [-0.2, 0) is 22.6 Å². The summed E-state index contributed by atoms with van der Waals surface area (Å²) < 4.78 is 11.3. The van der Waals surface area contributed by atoms with Crippen LogP contribution in [0.3, 0.4) is 0 Å². The van der Waals surface area contributed by atoms with Gasteiger partial charge in [-0.05, 0) is 49.4 Å². The minimum Gasteiger partial charge on any atom is -0.486 e. The first-order chi connectivity index (χ1) is 16.0. The Morgan fingerprint density at radius 1 is 1.03 bits per heavy atom. The van der Waals surface area contributed by atoms with E-state index in [1.807, 2.05) is 50.2 Å². The van der Waals surface area contributed by atoms with E-state index in [1.54, 1.807) is 4.90 Å². The van der Waals surface area contributed by atoms with E-state index in [9.17, 15) is 9.59 Å². The lowest BCUT2D eigenvalue weighted by Gasteiger charge is -2.31. The number of fused-ring (bicyclic) bond motifs is 1. The minimum absolute atomic E-state index is 0.0242. The minimum atomic E-state index is -0.491. The van der Waals surface area contributed by atoms with Crippen LogP contribution in [0.25, 0.3) is 0 Å². The molecule has 1 atom stereocenters. The van der Waals surface area contributed by atoms with E-state index in [2.05, 4.69) is 18.3 Å². The third kappa shape index (κ3) is 6.98. The molecule has 0 bridgehead atoms. The summed E-state index contributed by atoms with van der Waals surface area (Å²) >= 11 is 0. The number of nitrogens with one attached hydrogen (secondary N) is 1.